The van der Waals surface area contributed by atoms with Crippen molar-refractivity contribution >= 4 is 16.7 Å². The zero-order valence-corrected chi connectivity index (χ0v) is 20.3. The van der Waals surface area contributed by atoms with Crippen molar-refractivity contribution in [3.8, 4) is 28.4 Å². The molecule has 0 amide bonds. The van der Waals surface area contributed by atoms with Gasteiger partial charge < -0.3 is 18.8 Å². The van der Waals surface area contributed by atoms with Crippen LogP contribution in [0.4, 0.5) is 0 Å². The topological polar surface area (TPSA) is 49.7 Å². The molecule has 1 aromatic heterocycles. The van der Waals surface area contributed by atoms with Crippen LogP contribution < -0.4 is 14.2 Å². The van der Waals surface area contributed by atoms with Crippen LogP contribution in [0.15, 0.2) is 60.7 Å². The Labute approximate surface area is 199 Å². The van der Waals surface area contributed by atoms with Gasteiger partial charge in [0, 0.05) is 30.5 Å². The average Bonchev–Trinajstić information content (AvgIpc) is 3.39. The van der Waals surface area contributed by atoms with Gasteiger partial charge in [-0.05, 0) is 40.3 Å². The number of rotatable bonds is 5. The fourth-order valence-electron chi connectivity index (χ4n) is 4.65. The van der Waals surface area contributed by atoms with Gasteiger partial charge in [0.25, 0.3) is 0 Å². The molecule has 0 bridgehead atoms. The highest BCUT2D eigenvalue weighted by Crippen LogP contribution is 2.43. The van der Waals surface area contributed by atoms with E-state index in [0.717, 1.165) is 33.3 Å². The summed E-state index contributed by atoms with van der Waals surface area (Å²) in [6.45, 7) is 8.95. The van der Waals surface area contributed by atoms with Crippen molar-refractivity contribution < 1.29 is 19.0 Å². The summed E-state index contributed by atoms with van der Waals surface area (Å²) >= 11 is 0. The molecule has 0 radical (unpaired) electrons. The quantitative estimate of drug-likeness (QED) is 0.318. The molecule has 34 heavy (non-hydrogen) atoms. The van der Waals surface area contributed by atoms with E-state index in [2.05, 4.69) is 49.6 Å². The molecule has 0 atom stereocenters. The first kappa shape index (κ1) is 22.1. The highest BCUT2D eigenvalue weighted by atomic mass is 16.7. The van der Waals surface area contributed by atoms with E-state index >= 15 is 0 Å². The lowest BCUT2D eigenvalue weighted by Gasteiger charge is -2.19. The third-order valence-electron chi connectivity index (χ3n) is 6.41. The van der Waals surface area contributed by atoms with Gasteiger partial charge >= 0.3 is 0 Å². The van der Waals surface area contributed by atoms with Gasteiger partial charge in [0.1, 0.15) is 5.75 Å². The molecule has 0 fully saturated rings. The average molecular weight is 456 g/mol. The maximum Gasteiger partial charge on any atom is 0.231 e. The lowest BCUT2D eigenvalue weighted by atomic mass is 9.86. The van der Waals surface area contributed by atoms with Crippen LogP contribution in [0.2, 0.25) is 0 Å². The van der Waals surface area contributed by atoms with E-state index in [-0.39, 0.29) is 18.0 Å². The van der Waals surface area contributed by atoms with Crippen molar-refractivity contribution in [2.45, 2.75) is 39.7 Å². The maximum absolute atomic E-state index is 13.1. The molecule has 0 saturated carbocycles. The van der Waals surface area contributed by atoms with Crippen LogP contribution >= 0.6 is 0 Å². The summed E-state index contributed by atoms with van der Waals surface area (Å²) in [5.41, 5.74) is 5.88. The van der Waals surface area contributed by atoms with Crippen molar-refractivity contribution in [3.05, 3.63) is 77.5 Å². The summed E-state index contributed by atoms with van der Waals surface area (Å²) in [6.07, 6.45) is 0. The zero-order valence-electron chi connectivity index (χ0n) is 20.3. The largest absolute Gasteiger partial charge is 0.497 e. The lowest BCUT2D eigenvalue weighted by Crippen LogP contribution is -2.11. The number of ketones is 1. The Morgan fingerprint density at radius 3 is 2.35 bits per heavy atom. The third-order valence-corrected chi connectivity index (χ3v) is 6.41. The first-order chi connectivity index (χ1) is 16.3. The smallest absolute Gasteiger partial charge is 0.231 e. The minimum atomic E-state index is 0.0102. The fourth-order valence-corrected chi connectivity index (χ4v) is 4.65. The normalized spacial score (nSPS) is 12.9. The summed E-state index contributed by atoms with van der Waals surface area (Å²) in [4.78, 5) is 13.1. The van der Waals surface area contributed by atoms with Crippen LogP contribution in [-0.4, -0.2) is 24.3 Å². The molecule has 0 spiro atoms. The number of hydrogen-bond donors (Lipinski definition) is 0. The number of fused-ring (bicyclic) bond motifs is 2. The van der Waals surface area contributed by atoms with Gasteiger partial charge in [0.2, 0.25) is 6.79 Å². The van der Waals surface area contributed by atoms with Crippen molar-refractivity contribution in [2.24, 2.45) is 0 Å². The van der Waals surface area contributed by atoms with E-state index in [9.17, 15) is 4.79 Å². The number of carbonyl (C=O) groups excluding carboxylic acids is 1. The van der Waals surface area contributed by atoms with Gasteiger partial charge in [-0.1, -0.05) is 57.2 Å². The van der Waals surface area contributed by atoms with Gasteiger partial charge in [0.05, 0.1) is 18.3 Å². The molecule has 0 saturated heterocycles. The first-order valence-electron chi connectivity index (χ1n) is 11.5. The number of Topliss-reactive ketones (excluding diaryl/α,β-unsaturated/α-hetero) is 1. The van der Waals surface area contributed by atoms with Crippen LogP contribution in [0, 0.1) is 0 Å². The Bertz CT molecular complexity index is 1390. The highest BCUT2D eigenvalue weighted by Gasteiger charge is 2.26. The number of methoxy groups -OCH3 is 1. The van der Waals surface area contributed by atoms with Gasteiger partial charge in [-0.25, -0.2) is 0 Å². The zero-order chi connectivity index (χ0) is 24.0. The van der Waals surface area contributed by atoms with E-state index in [1.807, 2.05) is 36.4 Å². The van der Waals surface area contributed by atoms with Gasteiger partial charge in [-0.3, -0.25) is 4.79 Å². The summed E-state index contributed by atoms with van der Waals surface area (Å²) in [5, 5.41) is 0.973. The molecule has 5 heteroatoms. The Kier molecular flexibility index (Phi) is 5.35. The van der Waals surface area contributed by atoms with Crippen LogP contribution in [0.5, 0.6) is 17.2 Å². The SMILES string of the molecule is COc1cccc(Cn2c(C(C)=O)c(-c3ccc(C(C)(C)C)cc3)c3cc4c(cc32)OCO4)c1. The first-order valence-corrected chi connectivity index (χ1v) is 11.5. The number of aromatic nitrogens is 1. The molecule has 174 valence electrons. The van der Waals surface area contributed by atoms with Crippen LogP contribution in [0.1, 0.15) is 49.3 Å². The molecule has 0 N–H and O–H groups in total. The molecule has 1 aliphatic heterocycles. The summed E-state index contributed by atoms with van der Waals surface area (Å²) in [7, 11) is 1.66. The summed E-state index contributed by atoms with van der Waals surface area (Å²) in [6, 6.07) is 20.4. The van der Waals surface area contributed by atoms with E-state index in [0.29, 0.717) is 23.7 Å². The van der Waals surface area contributed by atoms with Crippen molar-refractivity contribution in [1.82, 2.24) is 4.57 Å². The number of ether oxygens (including phenoxy) is 3. The van der Waals surface area contributed by atoms with Gasteiger partial charge in [-0.15, -0.1) is 0 Å². The van der Waals surface area contributed by atoms with E-state index in [4.69, 9.17) is 14.2 Å². The number of nitrogens with zero attached hydrogens (tertiary/aromatic N) is 1. The molecular weight excluding hydrogens is 426 g/mol. The molecule has 5 rings (SSSR count). The monoisotopic (exact) mass is 455 g/mol. The minimum absolute atomic E-state index is 0.0102. The van der Waals surface area contributed by atoms with Crippen LogP contribution in [-0.2, 0) is 12.0 Å². The Morgan fingerprint density at radius 2 is 1.71 bits per heavy atom. The maximum atomic E-state index is 13.1. The fraction of sp³-hybridized carbons (Fsp3) is 0.276. The van der Waals surface area contributed by atoms with Crippen molar-refractivity contribution in [2.75, 3.05) is 13.9 Å². The summed E-state index contributed by atoms with van der Waals surface area (Å²) in [5.74, 6) is 2.19. The van der Waals surface area contributed by atoms with Gasteiger partial charge in [-0.2, -0.15) is 0 Å². The van der Waals surface area contributed by atoms with E-state index in [1.165, 1.54) is 5.56 Å². The second kappa shape index (κ2) is 8.24. The molecular formula is C29H29NO4. The van der Waals surface area contributed by atoms with E-state index in [1.54, 1.807) is 14.0 Å². The highest BCUT2D eigenvalue weighted by molar-refractivity contribution is 6.11. The Balaban J connectivity index is 1.76. The Hall–Kier alpha value is -3.73. The van der Waals surface area contributed by atoms with Crippen LogP contribution in [0.3, 0.4) is 0 Å². The predicted molar refractivity (Wildman–Crippen MR) is 134 cm³/mol. The van der Waals surface area contributed by atoms with Crippen molar-refractivity contribution in [3.63, 3.8) is 0 Å². The van der Waals surface area contributed by atoms with Crippen molar-refractivity contribution in [1.29, 1.82) is 0 Å². The second-order valence-corrected chi connectivity index (χ2v) is 9.77. The standard InChI is InChI=1S/C29H29NO4/c1-18(31)28-27(20-9-11-21(12-10-20)29(2,3)4)23-14-25-26(34-17-33-25)15-24(23)30(28)16-19-7-6-8-22(13-19)32-5/h6-15H,16-17H2,1-5H3. The molecule has 1 aliphatic rings. The van der Waals surface area contributed by atoms with E-state index < -0.39 is 0 Å². The molecule has 0 unspecified atom stereocenters. The summed E-state index contributed by atoms with van der Waals surface area (Å²) < 4.78 is 18.9. The molecule has 5 nitrogen and oxygen atoms in total. The van der Waals surface area contributed by atoms with Gasteiger partial charge in [0.15, 0.2) is 17.3 Å². The second-order valence-electron chi connectivity index (χ2n) is 9.77. The number of carbonyl (C=O) groups is 1. The predicted octanol–water partition coefficient (Wildman–Crippen LogP) is 6.59. The molecule has 2 heterocycles. The minimum Gasteiger partial charge on any atom is -0.497 e. The van der Waals surface area contributed by atoms with Crippen LogP contribution in [0.25, 0.3) is 22.0 Å². The third kappa shape index (κ3) is 3.81. The number of hydrogen-bond acceptors (Lipinski definition) is 4. The molecule has 4 aromatic rings. The Morgan fingerprint density at radius 1 is 1.00 bits per heavy atom. The lowest BCUT2D eigenvalue weighted by molar-refractivity contribution is 0.101. The molecule has 3 aromatic carbocycles. The molecule has 0 aliphatic carbocycles. The number of benzene rings is 3.